The summed E-state index contributed by atoms with van der Waals surface area (Å²) in [5.74, 6) is 0. The molecule has 0 aromatic heterocycles. The summed E-state index contributed by atoms with van der Waals surface area (Å²) in [6, 6.07) is 7.11. The second-order valence-electron chi connectivity index (χ2n) is 5.88. The highest BCUT2D eigenvalue weighted by Gasteiger charge is 2.25. The van der Waals surface area contributed by atoms with Crippen LogP contribution in [0.15, 0.2) is 18.2 Å². The number of fused-ring (bicyclic) bond motifs is 1. The van der Waals surface area contributed by atoms with Crippen molar-refractivity contribution in [3.05, 3.63) is 23.8 Å². The standard InChI is InChI=1S/C14H22N2/c1-10-9-16(5)12-8-6-7-11(13(12)15-10)14(2,3)4/h6-8,10,15H,9H2,1-5H3. The molecule has 1 N–H and O–H groups in total. The van der Waals surface area contributed by atoms with Crippen LogP contribution in [0, 0.1) is 0 Å². The van der Waals surface area contributed by atoms with E-state index in [1.807, 2.05) is 0 Å². The van der Waals surface area contributed by atoms with Crippen molar-refractivity contribution >= 4 is 11.4 Å². The largest absolute Gasteiger partial charge is 0.379 e. The number of benzene rings is 1. The lowest BCUT2D eigenvalue weighted by Crippen LogP contribution is -2.38. The maximum Gasteiger partial charge on any atom is 0.0618 e. The second kappa shape index (κ2) is 3.69. The van der Waals surface area contributed by atoms with Crippen molar-refractivity contribution < 1.29 is 0 Å². The molecular weight excluding hydrogens is 196 g/mol. The van der Waals surface area contributed by atoms with Gasteiger partial charge >= 0.3 is 0 Å². The van der Waals surface area contributed by atoms with Crippen LogP contribution in [0.4, 0.5) is 11.4 Å². The third kappa shape index (κ3) is 1.89. The van der Waals surface area contributed by atoms with Gasteiger partial charge in [0.25, 0.3) is 0 Å². The minimum atomic E-state index is 0.191. The van der Waals surface area contributed by atoms with E-state index in [1.165, 1.54) is 16.9 Å². The number of hydrogen-bond donors (Lipinski definition) is 1. The smallest absolute Gasteiger partial charge is 0.0618 e. The number of para-hydroxylation sites is 1. The van der Waals surface area contributed by atoms with Gasteiger partial charge in [-0.15, -0.1) is 0 Å². The molecule has 0 saturated heterocycles. The summed E-state index contributed by atoms with van der Waals surface area (Å²) < 4.78 is 0. The van der Waals surface area contributed by atoms with Crippen LogP contribution in [0.2, 0.25) is 0 Å². The molecule has 0 bridgehead atoms. The van der Waals surface area contributed by atoms with Gasteiger partial charge in [-0.05, 0) is 24.0 Å². The van der Waals surface area contributed by atoms with Crippen LogP contribution in [0.3, 0.4) is 0 Å². The number of likely N-dealkylation sites (N-methyl/N-ethyl adjacent to an activating group) is 1. The topological polar surface area (TPSA) is 15.3 Å². The highest BCUT2D eigenvalue weighted by Crippen LogP contribution is 2.38. The predicted molar refractivity (Wildman–Crippen MR) is 71.5 cm³/mol. The lowest BCUT2D eigenvalue weighted by atomic mass is 9.84. The van der Waals surface area contributed by atoms with Crippen molar-refractivity contribution in [1.29, 1.82) is 0 Å². The van der Waals surface area contributed by atoms with E-state index in [9.17, 15) is 0 Å². The van der Waals surface area contributed by atoms with Crippen molar-refractivity contribution in [3.8, 4) is 0 Å². The van der Waals surface area contributed by atoms with Crippen LogP contribution in [0.1, 0.15) is 33.3 Å². The normalized spacial score (nSPS) is 20.3. The Hall–Kier alpha value is -1.18. The molecule has 0 spiro atoms. The lowest BCUT2D eigenvalue weighted by Gasteiger charge is -2.36. The number of anilines is 2. The Morgan fingerprint density at radius 3 is 2.62 bits per heavy atom. The minimum Gasteiger partial charge on any atom is -0.379 e. The fourth-order valence-corrected chi connectivity index (χ4v) is 2.44. The van der Waals surface area contributed by atoms with E-state index < -0.39 is 0 Å². The van der Waals surface area contributed by atoms with Crippen molar-refractivity contribution in [2.24, 2.45) is 0 Å². The zero-order chi connectivity index (χ0) is 11.9. The van der Waals surface area contributed by atoms with Crippen molar-refractivity contribution in [2.75, 3.05) is 23.8 Å². The second-order valence-corrected chi connectivity index (χ2v) is 5.88. The van der Waals surface area contributed by atoms with Crippen LogP contribution < -0.4 is 10.2 Å². The van der Waals surface area contributed by atoms with Gasteiger partial charge in [0, 0.05) is 19.6 Å². The van der Waals surface area contributed by atoms with Gasteiger partial charge < -0.3 is 10.2 Å². The maximum atomic E-state index is 3.62. The molecule has 0 saturated carbocycles. The van der Waals surface area contributed by atoms with E-state index in [0.717, 1.165) is 6.54 Å². The van der Waals surface area contributed by atoms with Gasteiger partial charge in [-0.3, -0.25) is 0 Å². The SMILES string of the molecule is CC1CN(C)c2cccc(C(C)(C)C)c2N1. The summed E-state index contributed by atoms with van der Waals surface area (Å²) in [6.45, 7) is 10.1. The van der Waals surface area contributed by atoms with Gasteiger partial charge in [0.15, 0.2) is 0 Å². The van der Waals surface area contributed by atoms with Gasteiger partial charge in [0.1, 0.15) is 0 Å². The van der Waals surface area contributed by atoms with E-state index in [0.29, 0.717) is 6.04 Å². The molecule has 2 rings (SSSR count). The Bertz CT molecular complexity index is 390. The van der Waals surface area contributed by atoms with E-state index in [2.05, 4.69) is 63.2 Å². The molecule has 16 heavy (non-hydrogen) atoms. The van der Waals surface area contributed by atoms with Crippen molar-refractivity contribution in [1.82, 2.24) is 0 Å². The number of rotatable bonds is 0. The van der Waals surface area contributed by atoms with E-state index >= 15 is 0 Å². The maximum absolute atomic E-state index is 3.62. The lowest BCUT2D eigenvalue weighted by molar-refractivity contribution is 0.588. The predicted octanol–water partition coefficient (Wildman–Crippen LogP) is 3.23. The summed E-state index contributed by atoms with van der Waals surface area (Å²) in [4.78, 5) is 2.34. The fraction of sp³-hybridized carbons (Fsp3) is 0.571. The number of nitrogens with one attached hydrogen (secondary N) is 1. The summed E-state index contributed by atoms with van der Waals surface area (Å²) in [5, 5.41) is 3.62. The number of hydrogen-bond acceptors (Lipinski definition) is 2. The number of nitrogens with zero attached hydrogens (tertiary/aromatic N) is 1. The molecule has 1 unspecified atom stereocenters. The van der Waals surface area contributed by atoms with Crippen molar-refractivity contribution in [2.45, 2.75) is 39.2 Å². The molecule has 0 amide bonds. The summed E-state index contributed by atoms with van der Waals surface area (Å²) in [7, 11) is 2.17. The fourth-order valence-electron chi connectivity index (χ4n) is 2.44. The Balaban J connectivity index is 2.54. The van der Waals surface area contributed by atoms with Crippen LogP contribution >= 0.6 is 0 Å². The van der Waals surface area contributed by atoms with Crippen LogP contribution in [0.25, 0.3) is 0 Å². The molecule has 0 fully saturated rings. The molecule has 1 aliphatic heterocycles. The molecular formula is C14H22N2. The first-order valence-corrected chi connectivity index (χ1v) is 6.01. The summed E-state index contributed by atoms with van der Waals surface area (Å²) in [5.41, 5.74) is 4.24. The van der Waals surface area contributed by atoms with Crippen LogP contribution in [-0.2, 0) is 5.41 Å². The van der Waals surface area contributed by atoms with Gasteiger partial charge in [0.05, 0.1) is 11.4 Å². The van der Waals surface area contributed by atoms with E-state index in [-0.39, 0.29) is 5.41 Å². The molecule has 1 heterocycles. The molecule has 1 aliphatic rings. The Morgan fingerprint density at radius 1 is 1.31 bits per heavy atom. The zero-order valence-corrected chi connectivity index (χ0v) is 11.0. The highest BCUT2D eigenvalue weighted by atomic mass is 15.2. The zero-order valence-electron chi connectivity index (χ0n) is 11.0. The summed E-state index contributed by atoms with van der Waals surface area (Å²) in [6.07, 6.45) is 0. The van der Waals surface area contributed by atoms with Crippen LogP contribution in [-0.4, -0.2) is 19.6 Å². The Labute approximate surface area is 98.7 Å². The van der Waals surface area contributed by atoms with Crippen molar-refractivity contribution in [3.63, 3.8) is 0 Å². The molecule has 2 nitrogen and oxygen atoms in total. The monoisotopic (exact) mass is 218 g/mol. The van der Waals surface area contributed by atoms with E-state index in [4.69, 9.17) is 0 Å². The quantitative estimate of drug-likeness (QED) is 0.719. The first-order valence-electron chi connectivity index (χ1n) is 6.01. The first-order chi connectivity index (χ1) is 7.39. The van der Waals surface area contributed by atoms with Gasteiger partial charge in [-0.25, -0.2) is 0 Å². The molecule has 2 heteroatoms. The van der Waals surface area contributed by atoms with E-state index in [1.54, 1.807) is 0 Å². The highest BCUT2D eigenvalue weighted by molar-refractivity contribution is 5.76. The Morgan fingerprint density at radius 2 is 2.00 bits per heavy atom. The average Bonchev–Trinajstić information content (AvgIpc) is 2.15. The molecule has 1 atom stereocenters. The molecule has 1 aromatic rings. The third-order valence-corrected chi connectivity index (χ3v) is 3.20. The Kier molecular flexibility index (Phi) is 2.61. The molecule has 0 aliphatic carbocycles. The minimum absolute atomic E-state index is 0.191. The average molecular weight is 218 g/mol. The molecule has 1 aromatic carbocycles. The summed E-state index contributed by atoms with van der Waals surface area (Å²) >= 11 is 0. The first kappa shape index (κ1) is 11.3. The van der Waals surface area contributed by atoms with Gasteiger partial charge in [0.2, 0.25) is 0 Å². The molecule has 0 radical (unpaired) electrons. The molecule has 88 valence electrons. The van der Waals surface area contributed by atoms with Crippen LogP contribution in [0.5, 0.6) is 0 Å². The van der Waals surface area contributed by atoms with Gasteiger partial charge in [-0.2, -0.15) is 0 Å². The third-order valence-electron chi connectivity index (χ3n) is 3.20. The van der Waals surface area contributed by atoms with Gasteiger partial charge in [-0.1, -0.05) is 32.9 Å².